The fourth-order valence-electron chi connectivity index (χ4n) is 5.32. The lowest BCUT2D eigenvalue weighted by Crippen LogP contribution is -2.43. The van der Waals surface area contributed by atoms with E-state index in [1.807, 2.05) is 74.5 Å². The van der Waals surface area contributed by atoms with Crippen molar-refractivity contribution >= 4 is 17.5 Å². The molecule has 0 radical (unpaired) electrons. The van der Waals surface area contributed by atoms with Gasteiger partial charge in [0.2, 0.25) is 0 Å². The monoisotopic (exact) mass is 529 g/mol. The number of carbonyl (C=O) groups is 1. The zero-order valence-electron chi connectivity index (χ0n) is 22.7. The van der Waals surface area contributed by atoms with Gasteiger partial charge < -0.3 is 14.6 Å². The van der Waals surface area contributed by atoms with Crippen molar-refractivity contribution in [3.05, 3.63) is 108 Å². The molecule has 1 aliphatic rings. The molecular formula is C34H31N3O3. The molecule has 40 heavy (non-hydrogen) atoms. The first-order valence-corrected chi connectivity index (χ1v) is 13.7. The minimum atomic E-state index is -0.485. The number of hydrogen-bond acceptors (Lipinski definition) is 6. The second kappa shape index (κ2) is 10.8. The fourth-order valence-corrected chi connectivity index (χ4v) is 5.32. The van der Waals surface area contributed by atoms with E-state index in [2.05, 4.69) is 46.9 Å². The topological polar surface area (TPSA) is 77.2 Å². The summed E-state index contributed by atoms with van der Waals surface area (Å²) in [5.41, 5.74) is 7.13. The van der Waals surface area contributed by atoms with Gasteiger partial charge in [0, 0.05) is 11.1 Å². The molecule has 0 spiro atoms. The molecule has 0 atom stereocenters. The predicted molar refractivity (Wildman–Crippen MR) is 157 cm³/mol. The molecule has 1 fully saturated rings. The molecule has 5 aromatic rings. The van der Waals surface area contributed by atoms with Gasteiger partial charge in [0.25, 0.3) is 0 Å². The molecule has 0 saturated heterocycles. The summed E-state index contributed by atoms with van der Waals surface area (Å²) in [6.45, 7) is 4.18. The summed E-state index contributed by atoms with van der Waals surface area (Å²) in [7, 11) is 0. The van der Waals surface area contributed by atoms with E-state index < -0.39 is 5.41 Å². The van der Waals surface area contributed by atoms with Gasteiger partial charge in [-0.2, -0.15) is 0 Å². The Kier molecular flexibility index (Phi) is 6.91. The molecule has 0 bridgehead atoms. The Labute approximate surface area is 234 Å². The van der Waals surface area contributed by atoms with Crippen LogP contribution in [0.4, 0.5) is 11.5 Å². The summed E-state index contributed by atoms with van der Waals surface area (Å²) < 4.78 is 11.1. The van der Waals surface area contributed by atoms with Gasteiger partial charge in [0.05, 0.1) is 17.7 Å². The number of aromatic nitrogens is 2. The van der Waals surface area contributed by atoms with Crippen molar-refractivity contribution in [1.82, 2.24) is 10.1 Å². The van der Waals surface area contributed by atoms with Crippen molar-refractivity contribution in [2.45, 2.75) is 38.5 Å². The Hall–Kier alpha value is -4.71. The molecule has 1 N–H and O–H groups in total. The standard InChI is InChI=1S/C34H31N3O3/c1-3-39-33(38)34(21-8-22-34)28-19-17-25(18-20-28)24-13-15-27(16-14-24)32-31(23(2)37-40-32)36-30-12-7-11-29(35-30)26-9-5-4-6-10-26/h4-7,9-20H,3,8,21-22H2,1-2H3,(H,35,36). The van der Waals surface area contributed by atoms with Crippen LogP contribution >= 0.6 is 0 Å². The van der Waals surface area contributed by atoms with Gasteiger partial charge in [-0.1, -0.05) is 96.5 Å². The van der Waals surface area contributed by atoms with Gasteiger partial charge >= 0.3 is 5.97 Å². The molecule has 0 amide bonds. The Morgan fingerprint density at radius 2 is 1.52 bits per heavy atom. The first-order chi connectivity index (χ1) is 19.6. The fraction of sp³-hybridized carbons (Fsp3) is 0.206. The average molecular weight is 530 g/mol. The number of nitrogens with one attached hydrogen (secondary N) is 1. The Morgan fingerprint density at radius 3 is 2.17 bits per heavy atom. The number of pyridine rings is 1. The van der Waals surface area contributed by atoms with E-state index >= 15 is 0 Å². The first-order valence-electron chi connectivity index (χ1n) is 13.7. The van der Waals surface area contributed by atoms with Crippen LogP contribution in [0.2, 0.25) is 0 Å². The SMILES string of the molecule is CCOC(=O)C1(c2ccc(-c3ccc(-c4onc(C)c4Nc4cccc(-c5ccccc5)n4)cc3)cc2)CCC1. The first kappa shape index (κ1) is 25.6. The van der Waals surface area contributed by atoms with Crippen LogP contribution in [0.1, 0.15) is 37.4 Å². The molecule has 6 rings (SSSR count). The van der Waals surface area contributed by atoms with Crippen molar-refractivity contribution < 1.29 is 14.1 Å². The van der Waals surface area contributed by atoms with E-state index in [0.717, 1.165) is 70.0 Å². The summed E-state index contributed by atoms with van der Waals surface area (Å²) in [4.78, 5) is 17.4. The summed E-state index contributed by atoms with van der Waals surface area (Å²) in [6.07, 6.45) is 2.74. The summed E-state index contributed by atoms with van der Waals surface area (Å²) >= 11 is 0. The zero-order valence-corrected chi connectivity index (χ0v) is 22.7. The lowest BCUT2D eigenvalue weighted by atomic mass is 9.64. The van der Waals surface area contributed by atoms with Gasteiger partial charge in [-0.05, 0) is 55.5 Å². The van der Waals surface area contributed by atoms with Crippen LogP contribution in [0.25, 0.3) is 33.7 Å². The smallest absolute Gasteiger partial charge is 0.316 e. The second-order valence-electron chi connectivity index (χ2n) is 10.2. The highest BCUT2D eigenvalue weighted by molar-refractivity contribution is 5.85. The van der Waals surface area contributed by atoms with E-state index in [4.69, 9.17) is 14.2 Å². The largest absolute Gasteiger partial charge is 0.465 e. The van der Waals surface area contributed by atoms with Crippen LogP contribution in [-0.2, 0) is 14.9 Å². The van der Waals surface area contributed by atoms with Crippen molar-refractivity contribution in [3.63, 3.8) is 0 Å². The quantitative estimate of drug-likeness (QED) is 0.205. The molecule has 3 aromatic carbocycles. The lowest BCUT2D eigenvalue weighted by molar-refractivity contribution is -0.153. The molecule has 6 nitrogen and oxygen atoms in total. The highest BCUT2D eigenvalue weighted by Gasteiger charge is 2.46. The van der Waals surface area contributed by atoms with Crippen molar-refractivity contribution in [1.29, 1.82) is 0 Å². The number of benzene rings is 3. The maximum absolute atomic E-state index is 12.7. The third kappa shape index (κ3) is 4.77. The number of aryl methyl sites for hydroxylation is 1. The van der Waals surface area contributed by atoms with E-state index in [0.29, 0.717) is 12.4 Å². The molecule has 1 aliphatic carbocycles. The molecule has 0 aliphatic heterocycles. The summed E-state index contributed by atoms with van der Waals surface area (Å²) in [5, 5.41) is 7.64. The number of nitrogens with zero attached hydrogens (tertiary/aromatic N) is 2. The van der Waals surface area contributed by atoms with Crippen LogP contribution in [0, 0.1) is 6.92 Å². The highest BCUT2D eigenvalue weighted by Crippen LogP contribution is 2.45. The van der Waals surface area contributed by atoms with Crippen LogP contribution in [0.5, 0.6) is 0 Å². The van der Waals surface area contributed by atoms with Crippen LogP contribution < -0.4 is 5.32 Å². The normalized spacial score (nSPS) is 13.8. The third-order valence-corrected chi connectivity index (χ3v) is 7.73. The summed E-state index contributed by atoms with van der Waals surface area (Å²) in [5.74, 6) is 1.28. The van der Waals surface area contributed by atoms with Crippen LogP contribution in [0.3, 0.4) is 0 Å². The highest BCUT2D eigenvalue weighted by atomic mass is 16.5. The van der Waals surface area contributed by atoms with Crippen LogP contribution in [0.15, 0.2) is 102 Å². The zero-order chi connectivity index (χ0) is 27.5. The molecule has 2 aromatic heterocycles. The molecular weight excluding hydrogens is 498 g/mol. The molecule has 0 unspecified atom stereocenters. The number of esters is 1. The minimum absolute atomic E-state index is 0.105. The van der Waals surface area contributed by atoms with Crippen molar-refractivity contribution in [3.8, 4) is 33.7 Å². The Morgan fingerprint density at radius 1 is 0.850 bits per heavy atom. The number of carbonyl (C=O) groups excluding carboxylic acids is 1. The van der Waals surface area contributed by atoms with Crippen molar-refractivity contribution in [2.75, 3.05) is 11.9 Å². The Balaban J connectivity index is 1.22. The van der Waals surface area contributed by atoms with Crippen LogP contribution in [-0.4, -0.2) is 22.7 Å². The maximum atomic E-state index is 12.7. The van der Waals surface area contributed by atoms with Gasteiger partial charge in [0.15, 0.2) is 5.76 Å². The Bertz CT molecular complexity index is 1620. The van der Waals surface area contributed by atoms with Gasteiger partial charge in [-0.3, -0.25) is 4.79 Å². The van der Waals surface area contributed by atoms with Gasteiger partial charge in [-0.15, -0.1) is 0 Å². The van der Waals surface area contributed by atoms with Gasteiger partial charge in [-0.25, -0.2) is 4.98 Å². The third-order valence-electron chi connectivity index (χ3n) is 7.73. The molecule has 200 valence electrons. The minimum Gasteiger partial charge on any atom is -0.465 e. The average Bonchev–Trinajstić information content (AvgIpc) is 3.33. The van der Waals surface area contributed by atoms with E-state index in [9.17, 15) is 4.79 Å². The molecule has 1 saturated carbocycles. The number of ether oxygens (including phenoxy) is 1. The van der Waals surface area contributed by atoms with Gasteiger partial charge in [0.1, 0.15) is 17.2 Å². The van der Waals surface area contributed by atoms with E-state index in [-0.39, 0.29) is 5.97 Å². The number of rotatable bonds is 8. The number of hydrogen-bond donors (Lipinski definition) is 1. The number of anilines is 2. The van der Waals surface area contributed by atoms with Crippen molar-refractivity contribution in [2.24, 2.45) is 0 Å². The lowest BCUT2D eigenvalue weighted by Gasteiger charge is -2.39. The van der Waals surface area contributed by atoms with E-state index in [1.54, 1.807) is 0 Å². The maximum Gasteiger partial charge on any atom is 0.316 e. The summed E-state index contributed by atoms with van der Waals surface area (Å²) in [6, 6.07) is 32.5. The second-order valence-corrected chi connectivity index (χ2v) is 10.2. The molecule has 6 heteroatoms. The predicted octanol–water partition coefficient (Wildman–Crippen LogP) is 8.11. The van der Waals surface area contributed by atoms with E-state index in [1.165, 1.54) is 0 Å². The molecule has 2 heterocycles.